The van der Waals surface area contributed by atoms with Gasteiger partial charge in [0.1, 0.15) is 4.21 Å². The van der Waals surface area contributed by atoms with Crippen molar-refractivity contribution in [3.63, 3.8) is 0 Å². The van der Waals surface area contributed by atoms with Gasteiger partial charge in [-0.2, -0.15) is 0 Å². The SMILES string of the molecule is CCOC(=O)c1ccc(N2CCCN(c3nc(C)c(SO)s3)C2=O)cc1. The maximum Gasteiger partial charge on any atom is 0.338 e. The highest BCUT2D eigenvalue weighted by Crippen LogP contribution is 2.34. The second-order valence-corrected chi connectivity index (χ2v) is 7.49. The van der Waals surface area contributed by atoms with Crippen molar-refractivity contribution in [2.45, 2.75) is 24.5 Å². The van der Waals surface area contributed by atoms with Crippen LogP contribution in [0.15, 0.2) is 28.5 Å². The van der Waals surface area contributed by atoms with Gasteiger partial charge in [-0.3, -0.25) is 9.80 Å². The third kappa shape index (κ3) is 3.69. The van der Waals surface area contributed by atoms with E-state index in [4.69, 9.17) is 4.74 Å². The van der Waals surface area contributed by atoms with Crippen LogP contribution >= 0.6 is 23.4 Å². The number of rotatable bonds is 5. The average molecular weight is 393 g/mol. The lowest BCUT2D eigenvalue weighted by Crippen LogP contribution is -2.49. The summed E-state index contributed by atoms with van der Waals surface area (Å²) < 4.78 is 14.9. The molecule has 9 heteroatoms. The highest BCUT2D eigenvalue weighted by molar-refractivity contribution is 7.95. The van der Waals surface area contributed by atoms with Crippen LogP contribution in [0.5, 0.6) is 0 Å². The smallest absolute Gasteiger partial charge is 0.338 e. The van der Waals surface area contributed by atoms with Crippen molar-refractivity contribution in [2.75, 3.05) is 29.5 Å². The Balaban J connectivity index is 1.80. The molecule has 3 rings (SSSR count). The zero-order valence-electron chi connectivity index (χ0n) is 14.5. The van der Waals surface area contributed by atoms with E-state index in [9.17, 15) is 14.1 Å². The molecule has 0 saturated carbocycles. The Labute approximate surface area is 159 Å². The van der Waals surface area contributed by atoms with Crippen LogP contribution in [0, 0.1) is 6.92 Å². The Kier molecular flexibility index (Phi) is 5.80. The number of aromatic nitrogens is 1. The Morgan fingerprint density at radius 2 is 2.00 bits per heavy atom. The first-order chi connectivity index (χ1) is 12.5. The molecule has 0 unspecified atom stereocenters. The number of thiazole rings is 1. The van der Waals surface area contributed by atoms with Gasteiger partial charge in [0.05, 0.1) is 17.9 Å². The van der Waals surface area contributed by atoms with Crippen molar-refractivity contribution in [3.8, 4) is 0 Å². The maximum absolute atomic E-state index is 12.9. The molecule has 2 aromatic rings. The highest BCUT2D eigenvalue weighted by Gasteiger charge is 2.30. The van der Waals surface area contributed by atoms with Gasteiger partial charge in [0.2, 0.25) is 0 Å². The number of hydrogen-bond donors (Lipinski definition) is 1. The van der Waals surface area contributed by atoms with Gasteiger partial charge >= 0.3 is 12.0 Å². The van der Waals surface area contributed by atoms with Gasteiger partial charge in [0, 0.05) is 30.8 Å². The summed E-state index contributed by atoms with van der Waals surface area (Å²) in [7, 11) is 0. The van der Waals surface area contributed by atoms with E-state index in [-0.39, 0.29) is 12.0 Å². The molecule has 26 heavy (non-hydrogen) atoms. The number of carbonyl (C=O) groups excluding carboxylic acids is 2. The van der Waals surface area contributed by atoms with Crippen molar-refractivity contribution in [1.82, 2.24) is 4.98 Å². The molecule has 1 aliphatic heterocycles. The van der Waals surface area contributed by atoms with Crippen LogP contribution in [0.4, 0.5) is 15.6 Å². The third-order valence-electron chi connectivity index (χ3n) is 3.97. The van der Waals surface area contributed by atoms with Crippen LogP contribution in [0.1, 0.15) is 29.4 Å². The van der Waals surface area contributed by atoms with Gasteiger partial charge in [0.15, 0.2) is 5.13 Å². The molecule has 138 valence electrons. The fourth-order valence-electron chi connectivity index (χ4n) is 2.70. The van der Waals surface area contributed by atoms with Crippen LogP contribution < -0.4 is 9.80 Å². The Bertz CT molecular complexity index is 807. The number of anilines is 2. The van der Waals surface area contributed by atoms with E-state index in [1.165, 1.54) is 11.3 Å². The molecule has 1 saturated heterocycles. The highest BCUT2D eigenvalue weighted by atomic mass is 32.2. The summed E-state index contributed by atoms with van der Waals surface area (Å²) in [6.07, 6.45) is 0.797. The predicted molar refractivity (Wildman–Crippen MR) is 102 cm³/mol. The van der Waals surface area contributed by atoms with Gasteiger partial charge in [-0.05, 0) is 44.5 Å². The number of urea groups is 1. The molecule has 2 heterocycles. The van der Waals surface area contributed by atoms with Crippen molar-refractivity contribution in [3.05, 3.63) is 35.5 Å². The van der Waals surface area contributed by atoms with Gasteiger partial charge in [0.25, 0.3) is 0 Å². The van der Waals surface area contributed by atoms with Gasteiger partial charge in [-0.1, -0.05) is 11.3 Å². The first-order valence-electron chi connectivity index (χ1n) is 8.20. The van der Waals surface area contributed by atoms with Gasteiger partial charge in [-0.15, -0.1) is 0 Å². The topological polar surface area (TPSA) is 83.0 Å². The molecule has 1 aromatic heterocycles. The lowest BCUT2D eigenvalue weighted by Gasteiger charge is -2.34. The summed E-state index contributed by atoms with van der Waals surface area (Å²) in [5.41, 5.74) is 1.89. The minimum atomic E-state index is -0.377. The normalized spacial score (nSPS) is 14.7. The van der Waals surface area contributed by atoms with Crippen molar-refractivity contribution < 1.29 is 18.9 Å². The van der Waals surface area contributed by atoms with Gasteiger partial charge < -0.3 is 9.29 Å². The molecule has 0 bridgehead atoms. The van der Waals surface area contributed by atoms with Crippen LogP contribution in [0.2, 0.25) is 0 Å². The summed E-state index contributed by atoms with van der Waals surface area (Å²) in [6, 6.07) is 6.65. The minimum absolute atomic E-state index is 0.164. The Morgan fingerprint density at radius 3 is 2.62 bits per heavy atom. The number of aryl methyl sites for hydroxylation is 1. The monoisotopic (exact) mass is 393 g/mol. The summed E-state index contributed by atoms with van der Waals surface area (Å²) >= 11 is 1.95. The van der Waals surface area contributed by atoms with Crippen molar-refractivity contribution in [2.24, 2.45) is 0 Å². The van der Waals surface area contributed by atoms with E-state index in [1.807, 2.05) is 0 Å². The second kappa shape index (κ2) is 8.07. The van der Waals surface area contributed by atoms with Crippen LogP contribution in [0.3, 0.4) is 0 Å². The average Bonchev–Trinajstić information content (AvgIpc) is 3.03. The second-order valence-electron chi connectivity index (χ2n) is 5.67. The lowest BCUT2D eigenvalue weighted by atomic mass is 10.2. The molecule has 0 atom stereocenters. The van der Waals surface area contributed by atoms with E-state index in [0.717, 1.165) is 12.1 Å². The quantitative estimate of drug-likeness (QED) is 0.610. The van der Waals surface area contributed by atoms with Crippen LogP contribution in [0.25, 0.3) is 0 Å². The Hall–Kier alpha value is -2.10. The molecule has 2 amide bonds. The van der Waals surface area contributed by atoms with Crippen molar-refractivity contribution in [1.29, 1.82) is 0 Å². The molecule has 1 aliphatic rings. The zero-order valence-corrected chi connectivity index (χ0v) is 16.1. The fraction of sp³-hybridized carbons (Fsp3) is 0.353. The largest absolute Gasteiger partial charge is 0.462 e. The number of hydrogen-bond acceptors (Lipinski definition) is 7. The van der Waals surface area contributed by atoms with E-state index < -0.39 is 0 Å². The number of amides is 2. The van der Waals surface area contributed by atoms with E-state index >= 15 is 0 Å². The molecule has 0 radical (unpaired) electrons. The number of carbonyl (C=O) groups is 2. The van der Waals surface area contributed by atoms with Crippen LogP contribution in [-0.4, -0.2) is 41.2 Å². The molecule has 1 aromatic carbocycles. The number of nitrogens with zero attached hydrogens (tertiary/aromatic N) is 3. The van der Waals surface area contributed by atoms with Gasteiger partial charge in [-0.25, -0.2) is 14.6 Å². The molecular formula is C17H19N3O4S2. The predicted octanol–water partition coefficient (Wildman–Crippen LogP) is 4.03. The first kappa shape index (κ1) is 18.7. The maximum atomic E-state index is 12.9. The molecule has 0 aliphatic carbocycles. The summed E-state index contributed by atoms with van der Waals surface area (Å²) in [4.78, 5) is 32.4. The summed E-state index contributed by atoms with van der Waals surface area (Å²) in [5.74, 6) is -0.377. The molecule has 1 fully saturated rings. The van der Waals surface area contributed by atoms with E-state index in [1.54, 1.807) is 47.9 Å². The minimum Gasteiger partial charge on any atom is -0.462 e. The molecular weight excluding hydrogens is 374 g/mol. The van der Waals surface area contributed by atoms with Crippen LogP contribution in [-0.2, 0) is 4.74 Å². The van der Waals surface area contributed by atoms with E-state index in [0.29, 0.717) is 52.3 Å². The molecule has 0 spiro atoms. The number of benzene rings is 1. The summed E-state index contributed by atoms with van der Waals surface area (Å²) in [5, 5.41) is 0.580. The zero-order chi connectivity index (χ0) is 18.7. The Morgan fingerprint density at radius 1 is 1.31 bits per heavy atom. The molecule has 1 N–H and O–H groups in total. The fourth-order valence-corrected chi connectivity index (χ4v) is 4.07. The lowest BCUT2D eigenvalue weighted by molar-refractivity contribution is 0.0526. The summed E-state index contributed by atoms with van der Waals surface area (Å²) in [6.45, 7) is 5.06. The first-order valence-corrected chi connectivity index (χ1v) is 9.79. The standard InChI is InChI=1S/C17H19N3O4S2/c1-3-24-14(21)12-5-7-13(8-6-12)19-9-4-10-20(17(19)22)16-18-11(2)15(25-16)26-23/h5-8,23H,3-4,9-10H2,1-2H3. The third-order valence-corrected chi connectivity index (χ3v) is 5.88. The van der Waals surface area contributed by atoms with Crippen molar-refractivity contribution >= 4 is 46.2 Å². The molecule has 7 nitrogen and oxygen atoms in total. The number of ether oxygens (including phenoxy) is 1. The number of esters is 1. The van der Waals surface area contributed by atoms with E-state index in [2.05, 4.69) is 4.98 Å².